The highest BCUT2D eigenvalue weighted by Gasteiger charge is 2.18. The zero-order chi connectivity index (χ0) is 15.9. The molecule has 0 amide bonds. The van der Waals surface area contributed by atoms with Gasteiger partial charge in [-0.3, -0.25) is 4.79 Å². The van der Waals surface area contributed by atoms with Crippen LogP contribution in [0.15, 0.2) is 0 Å². The van der Waals surface area contributed by atoms with Crippen molar-refractivity contribution in [2.45, 2.75) is 91.9 Å². The molecule has 0 bridgehead atoms. The number of rotatable bonds is 10. The molecule has 0 saturated carbocycles. The average Bonchev–Trinajstić information content (AvgIpc) is 2.36. The van der Waals surface area contributed by atoms with Crippen molar-refractivity contribution in [2.75, 3.05) is 6.61 Å². The van der Waals surface area contributed by atoms with E-state index in [1.54, 1.807) is 20.8 Å². The van der Waals surface area contributed by atoms with Gasteiger partial charge in [-0.15, -0.1) is 0 Å². The number of hydrogen-bond acceptors (Lipinski definition) is 2. The highest BCUT2D eigenvalue weighted by Crippen LogP contribution is 2.11. The summed E-state index contributed by atoms with van der Waals surface area (Å²) in [5.74, 6) is -0.757. The number of aliphatic hydroxyl groups is 1. The van der Waals surface area contributed by atoms with Crippen molar-refractivity contribution < 1.29 is 15.0 Å². The van der Waals surface area contributed by atoms with Crippen molar-refractivity contribution >= 4 is 5.97 Å². The molecule has 2 N–H and O–H groups in total. The molecule has 0 rings (SSSR count). The van der Waals surface area contributed by atoms with E-state index in [1.165, 1.54) is 57.8 Å². The van der Waals surface area contributed by atoms with Crippen molar-refractivity contribution in [3.05, 3.63) is 0 Å². The standard InChI is InChI=1S/C12H26O.C5H10O2/c1-2-3-4-5-6-7-8-9-10-11-12-13;1-5(2,3)4(6)7/h13H,2-12H2,1H3;1-3H3,(H,6,7). The second kappa shape index (κ2) is 14.8. The Kier molecular flexibility index (Phi) is 16.1. The minimum atomic E-state index is -0.757. The van der Waals surface area contributed by atoms with Crippen LogP contribution in [0.1, 0.15) is 91.9 Å². The Morgan fingerprint density at radius 3 is 1.35 bits per heavy atom. The Labute approximate surface area is 125 Å². The van der Waals surface area contributed by atoms with Crippen LogP contribution < -0.4 is 0 Å². The summed E-state index contributed by atoms with van der Waals surface area (Å²) in [4.78, 5) is 10.0. The van der Waals surface area contributed by atoms with Crippen LogP contribution in [0.2, 0.25) is 0 Å². The first kappa shape index (κ1) is 21.7. The Bertz CT molecular complexity index is 197. The van der Waals surface area contributed by atoms with E-state index < -0.39 is 11.4 Å². The number of aliphatic carboxylic acids is 1. The number of carboxylic acid groups (broad SMARTS) is 1. The van der Waals surface area contributed by atoms with Gasteiger partial charge >= 0.3 is 5.97 Å². The number of carboxylic acids is 1. The summed E-state index contributed by atoms with van der Waals surface area (Å²) in [6, 6.07) is 0. The zero-order valence-corrected chi connectivity index (χ0v) is 14.1. The Morgan fingerprint density at radius 2 is 1.10 bits per heavy atom. The fraction of sp³-hybridized carbons (Fsp3) is 0.941. The summed E-state index contributed by atoms with van der Waals surface area (Å²) < 4.78 is 0. The van der Waals surface area contributed by atoms with Gasteiger partial charge in [0.1, 0.15) is 0 Å². The number of carbonyl (C=O) groups is 1. The van der Waals surface area contributed by atoms with Crippen LogP contribution in [0, 0.1) is 5.41 Å². The monoisotopic (exact) mass is 288 g/mol. The molecule has 0 saturated heterocycles. The predicted octanol–water partition coefficient (Wildman–Crippen LogP) is 5.02. The van der Waals surface area contributed by atoms with Crippen molar-refractivity contribution in [3.63, 3.8) is 0 Å². The topological polar surface area (TPSA) is 57.5 Å². The molecule has 0 spiro atoms. The molecule has 0 aliphatic heterocycles. The SMILES string of the molecule is CC(C)(C)C(=O)O.CCCCCCCCCCCCO. The van der Waals surface area contributed by atoms with Crippen LogP contribution in [0.4, 0.5) is 0 Å². The fourth-order valence-corrected chi connectivity index (χ4v) is 1.60. The molecule has 20 heavy (non-hydrogen) atoms. The molecule has 0 aliphatic rings. The molecule has 0 aromatic rings. The molecular formula is C17H36O3. The molecule has 0 aliphatic carbocycles. The first-order valence-electron chi connectivity index (χ1n) is 8.20. The van der Waals surface area contributed by atoms with Crippen LogP contribution in [0.5, 0.6) is 0 Å². The van der Waals surface area contributed by atoms with Gasteiger partial charge in [-0.1, -0.05) is 64.7 Å². The summed E-state index contributed by atoms with van der Waals surface area (Å²) in [6.45, 7) is 7.62. The van der Waals surface area contributed by atoms with Crippen molar-refractivity contribution in [1.29, 1.82) is 0 Å². The minimum Gasteiger partial charge on any atom is -0.481 e. The molecule has 0 unspecified atom stereocenters. The molecular weight excluding hydrogens is 252 g/mol. The maximum atomic E-state index is 10.0. The zero-order valence-electron chi connectivity index (χ0n) is 14.1. The van der Waals surface area contributed by atoms with E-state index in [1.807, 2.05) is 0 Å². The highest BCUT2D eigenvalue weighted by molar-refractivity contribution is 5.72. The third-order valence-electron chi connectivity index (χ3n) is 3.15. The number of unbranched alkanes of at least 4 members (excludes halogenated alkanes) is 9. The number of hydrogen-bond donors (Lipinski definition) is 2. The lowest BCUT2D eigenvalue weighted by molar-refractivity contribution is -0.145. The molecule has 0 fully saturated rings. The summed E-state index contributed by atoms with van der Waals surface area (Å²) in [5.41, 5.74) is -0.583. The molecule has 0 aromatic heterocycles. The van der Waals surface area contributed by atoms with Gasteiger partial charge in [0.15, 0.2) is 0 Å². The molecule has 0 atom stereocenters. The second-order valence-electron chi connectivity index (χ2n) is 6.46. The van der Waals surface area contributed by atoms with Gasteiger partial charge in [0, 0.05) is 6.61 Å². The first-order chi connectivity index (χ1) is 9.36. The Morgan fingerprint density at radius 1 is 0.800 bits per heavy atom. The van der Waals surface area contributed by atoms with Gasteiger partial charge in [-0.2, -0.15) is 0 Å². The van der Waals surface area contributed by atoms with E-state index in [0.717, 1.165) is 6.42 Å². The Hall–Kier alpha value is -0.570. The van der Waals surface area contributed by atoms with Crippen LogP contribution in [-0.2, 0) is 4.79 Å². The molecule has 122 valence electrons. The smallest absolute Gasteiger partial charge is 0.308 e. The molecule has 3 nitrogen and oxygen atoms in total. The minimum absolute atomic E-state index is 0.372. The van der Waals surface area contributed by atoms with Gasteiger partial charge < -0.3 is 10.2 Å². The Balaban J connectivity index is 0. The summed E-state index contributed by atoms with van der Waals surface area (Å²) in [7, 11) is 0. The maximum Gasteiger partial charge on any atom is 0.308 e. The van der Waals surface area contributed by atoms with Crippen molar-refractivity contribution in [3.8, 4) is 0 Å². The first-order valence-corrected chi connectivity index (χ1v) is 8.20. The summed E-state index contributed by atoms with van der Waals surface area (Å²) in [5, 5.41) is 16.8. The average molecular weight is 288 g/mol. The van der Waals surface area contributed by atoms with Crippen molar-refractivity contribution in [2.24, 2.45) is 5.41 Å². The van der Waals surface area contributed by atoms with Crippen LogP contribution in [0.25, 0.3) is 0 Å². The van der Waals surface area contributed by atoms with E-state index in [0.29, 0.717) is 6.61 Å². The lowest BCUT2D eigenvalue weighted by atomic mass is 9.98. The fourth-order valence-electron chi connectivity index (χ4n) is 1.60. The predicted molar refractivity (Wildman–Crippen MR) is 86.0 cm³/mol. The van der Waals surface area contributed by atoms with Gasteiger partial charge in [0.2, 0.25) is 0 Å². The van der Waals surface area contributed by atoms with Crippen LogP contribution >= 0.6 is 0 Å². The second-order valence-corrected chi connectivity index (χ2v) is 6.46. The normalized spacial score (nSPS) is 10.8. The lowest BCUT2D eigenvalue weighted by Crippen LogP contribution is -2.18. The van der Waals surface area contributed by atoms with E-state index in [9.17, 15) is 4.79 Å². The lowest BCUT2D eigenvalue weighted by Gasteiger charge is -2.08. The third-order valence-corrected chi connectivity index (χ3v) is 3.15. The molecule has 3 heteroatoms. The van der Waals surface area contributed by atoms with E-state index >= 15 is 0 Å². The third kappa shape index (κ3) is 19.8. The maximum absolute atomic E-state index is 10.0. The summed E-state index contributed by atoms with van der Waals surface area (Å²) in [6.07, 6.45) is 13.3. The van der Waals surface area contributed by atoms with Crippen molar-refractivity contribution in [1.82, 2.24) is 0 Å². The van der Waals surface area contributed by atoms with Gasteiger partial charge in [0.05, 0.1) is 5.41 Å². The van der Waals surface area contributed by atoms with E-state index in [4.69, 9.17) is 10.2 Å². The molecule has 0 aromatic carbocycles. The van der Waals surface area contributed by atoms with Crippen LogP contribution in [-0.4, -0.2) is 22.8 Å². The largest absolute Gasteiger partial charge is 0.481 e. The van der Waals surface area contributed by atoms with Gasteiger partial charge in [-0.05, 0) is 27.2 Å². The van der Waals surface area contributed by atoms with E-state index in [-0.39, 0.29) is 0 Å². The molecule has 0 heterocycles. The summed E-state index contributed by atoms with van der Waals surface area (Å²) >= 11 is 0. The van der Waals surface area contributed by atoms with Gasteiger partial charge in [-0.25, -0.2) is 0 Å². The number of aliphatic hydroxyl groups excluding tert-OH is 1. The van der Waals surface area contributed by atoms with Crippen LogP contribution in [0.3, 0.4) is 0 Å². The molecule has 0 radical (unpaired) electrons. The van der Waals surface area contributed by atoms with E-state index in [2.05, 4.69) is 6.92 Å². The quantitative estimate of drug-likeness (QED) is 0.555. The highest BCUT2D eigenvalue weighted by atomic mass is 16.4. The van der Waals surface area contributed by atoms with Gasteiger partial charge in [0.25, 0.3) is 0 Å².